The van der Waals surface area contributed by atoms with E-state index >= 15 is 0 Å². The summed E-state index contributed by atoms with van der Waals surface area (Å²) in [5.41, 5.74) is 11.3. The number of benzene rings is 8. The van der Waals surface area contributed by atoms with Crippen LogP contribution in [-0.2, 0) is 0 Å². The van der Waals surface area contributed by atoms with Crippen LogP contribution in [0.1, 0.15) is 0 Å². The van der Waals surface area contributed by atoms with Crippen molar-refractivity contribution in [3.8, 4) is 33.7 Å². The standard InChI is InChI=1S/C47H30N2O2/c1-4-14-31(15-5-1)32-24-26-35(27-25-32)49(42-29-28-36(33-16-6-2-7-17-33)37-20-10-11-21-38(37)42)44-45-40(39-22-12-13-23-43(39)50-45)30-41-46(44)51-47(48-41)34-18-8-3-9-19-34/h1-30H. The second-order valence-electron chi connectivity index (χ2n) is 12.7. The van der Waals surface area contributed by atoms with Crippen molar-refractivity contribution in [3.05, 3.63) is 182 Å². The summed E-state index contributed by atoms with van der Waals surface area (Å²) in [6.07, 6.45) is 0. The van der Waals surface area contributed by atoms with E-state index in [1.54, 1.807) is 0 Å². The Morgan fingerprint density at radius 2 is 1.00 bits per heavy atom. The number of fused-ring (bicyclic) bond motifs is 5. The minimum absolute atomic E-state index is 0.562. The van der Waals surface area contributed by atoms with E-state index in [0.29, 0.717) is 11.5 Å². The Morgan fingerprint density at radius 3 is 1.73 bits per heavy atom. The van der Waals surface area contributed by atoms with Gasteiger partial charge in [-0.25, -0.2) is 4.98 Å². The molecule has 4 heteroatoms. The lowest BCUT2D eigenvalue weighted by molar-refractivity contribution is 0.618. The quantitative estimate of drug-likeness (QED) is 0.179. The lowest BCUT2D eigenvalue weighted by Crippen LogP contribution is -2.11. The van der Waals surface area contributed by atoms with E-state index in [1.807, 2.05) is 48.5 Å². The van der Waals surface area contributed by atoms with Gasteiger partial charge in [-0.05, 0) is 70.1 Å². The molecule has 0 fully saturated rings. The molecular formula is C47H30N2O2. The van der Waals surface area contributed by atoms with Crippen LogP contribution in [0.15, 0.2) is 191 Å². The zero-order chi connectivity index (χ0) is 33.7. The molecule has 2 aromatic heterocycles. The molecule has 0 aliphatic rings. The molecule has 51 heavy (non-hydrogen) atoms. The summed E-state index contributed by atoms with van der Waals surface area (Å²) in [6, 6.07) is 63.2. The van der Waals surface area contributed by atoms with Gasteiger partial charge in [-0.2, -0.15) is 0 Å². The lowest BCUT2D eigenvalue weighted by Gasteiger charge is -2.27. The van der Waals surface area contributed by atoms with Crippen molar-refractivity contribution in [2.24, 2.45) is 0 Å². The summed E-state index contributed by atoms with van der Waals surface area (Å²) in [5.74, 6) is 0.562. The number of rotatable bonds is 6. The van der Waals surface area contributed by atoms with Crippen molar-refractivity contribution < 1.29 is 8.83 Å². The summed E-state index contributed by atoms with van der Waals surface area (Å²) in [7, 11) is 0. The van der Waals surface area contributed by atoms with Crippen LogP contribution in [0.5, 0.6) is 0 Å². The van der Waals surface area contributed by atoms with Gasteiger partial charge in [0, 0.05) is 27.4 Å². The van der Waals surface area contributed by atoms with E-state index < -0.39 is 0 Å². The van der Waals surface area contributed by atoms with E-state index in [9.17, 15) is 0 Å². The number of nitrogens with zero attached hydrogens (tertiary/aromatic N) is 2. The molecule has 10 rings (SSSR count). The largest absolute Gasteiger partial charge is 0.454 e. The predicted molar refractivity (Wildman–Crippen MR) is 210 cm³/mol. The third kappa shape index (κ3) is 4.88. The van der Waals surface area contributed by atoms with Crippen LogP contribution >= 0.6 is 0 Å². The molecule has 0 atom stereocenters. The Labute approximate surface area is 294 Å². The van der Waals surface area contributed by atoms with Crippen molar-refractivity contribution in [3.63, 3.8) is 0 Å². The number of para-hydroxylation sites is 1. The van der Waals surface area contributed by atoms with Crippen LogP contribution in [-0.4, -0.2) is 4.98 Å². The maximum absolute atomic E-state index is 6.80. The fourth-order valence-corrected chi connectivity index (χ4v) is 7.30. The molecule has 4 nitrogen and oxygen atoms in total. The third-order valence-electron chi connectivity index (χ3n) is 9.70. The van der Waals surface area contributed by atoms with Gasteiger partial charge in [-0.15, -0.1) is 0 Å². The van der Waals surface area contributed by atoms with Crippen molar-refractivity contribution in [1.82, 2.24) is 4.98 Å². The SMILES string of the molecule is c1ccc(-c2ccc(N(c3ccc(-c4ccccc4)c4ccccc34)c3c4oc(-c5ccccc5)nc4cc4c3oc3ccccc34)cc2)cc1. The monoisotopic (exact) mass is 654 g/mol. The van der Waals surface area contributed by atoms with Crippen LogP contribution in [0, 0.1) is 0 Å². The van der Waals surface area contributed by atoms with Crippen molar-refractivity contribution in [2.45, 2.75) is 0 Å². The molecule has 8 aromatic carbocycles. The maximum Gasteiger partial charge on any atom is 0.227 e. The minimum Gasteiger partial charge on any atom is -0.454 e. The molecule has 240 valence electrons. The van der Waals surface area contributed by atoms with Gasteiger partial charge >= 0.3 is 0 Å². The number of hydrogen-bond donors (Lipinski definition) is 0. The van der Waals surface area contributed by atoms with Gasteiger partial charge in [0.1, 0.15) is 16.8 Å². The lowest BCUT2D eigenvalue weighted by atomic mass is 9.96. The number of anilines is 3. The van der Waals surface area contributed by atoms with Gasteiger partial charge in [-0.3, -0.25) is 0 Å². The first-order valence-electron chi connectivity index (χ1n) is 17.1. The zero-order valence-corrected chi connectivity index (χ0v) is 27.5. The van der Waals surface area contributed by atoms with Crippen molar-refractivity contribution >= 4 is 60.9 Å². The smallest absolute Gasteiger partial charge is 0.227 e. The predicted octanol–water partition coefficient (Wildman–Crippen LogP) is 13.4. The molecule has 0 radical (unpaired) electrons. The van der Waals surface area contributed by atoms with E-state index in [0.717, 1.165) is 72.0 Å². The number of oxazole rings is 1. The Kier molecular flexibility index (Phi) is 6.78. The van der Waals surface area contributed by atoms with Crippen LogP contribution < -0.4 is 4.90 Å². The summed E-state index contributed by atoms with van der Waals surface area (Å²) in [6.45, 7) is 0. The Bertz CT molecular complexity index is 2840. The van der Waals surface area contributed by atoms with Crippen LogP contribution in [0.3, 0.4) is 0 Å². The van der Waals surface area contributed by atoms with Crippen molar-refractivity contribution in [1.29, 1.82) is 0 Å². The highest BCUT2D eigenvalue weighted by atomic mass is 16.4. The van der Waals surface area contributed by atoms with Crippen LogP contribution in [0.2, 0.25) is 0 Å². The first-order valence-corrected chi connectivity index (χ1v) is 17.1. The number of furan rings is 1. The highest BCUT2D eigenvalue weighted by molar-refractivity contribution is 6.19. The van der Waals surface area contributed by atoms with Gasteiger partial charge in [0.25, 0.3) is 0 Å². The summed E-state index contributed by atoms with van der Waals surface area (Å²) < 4.78 is 13.6. The highest BCUT2D eigenvalue weighted by Crippen LogP contribution is 2.49. The molecule has 0 saturated heterocycles. The Hall–Kier alpha value is -6.91. The normalized spacial score (nSPS) is 11.5. The van der Waals surface area contributed by atoms with Crippen molar-refractivity contribution in [2.75, 3.05) is 4.90 Å². The molecule has 10 aromatic rings. The average molecular weight is 655 g/mol. The first kappa shape index (κ1) is 29.0. The van der Waals surface area contributed by atoms with E-state index in [2.05, 4.69) is 138 Å². The number of aromatic nitrogens is 1. The summed E-state index contributed by atoms with van der Waals surface area (Å²) in [4.78, 5) is 7.38. The Morgan fingerprint density at radius 1 is 0.412 bits per heavy atom. The molecular weight excluding hydrogens is 625 g/mol. The highest BCUT2D eigenvalue weighted by Gasteiger charge is 2.28. The minimum atomic E-state index is 0.562. The Balaban J connectivity index is 1.30. The zero-order valence-electron chi connectivity index (χ0n) is 27.5. The van der Waals surface area contributed by atoms with E-state index in [-0.39, 0.29) is 0 Å². The van der Waals surface area contributed by atoms with Gasteiger partial charge in [0.15, 0.2) is 11.2 Å². The molecule has 0 N–H and O–H groups in total. The fraction of sp³-hybridized carbons (Fsp3) is 0. The average Bonchev–Trinajstić information content (AvgIpc) is 3.81. The van der Waals surface area contributed by atoms with Crippen LogP contribution in [0.25, 0.3) is 77.5 Å². The summed E-state index contributed by atoms with van der Waals surface area (Å²) >= 11 is 0. The topological polar surface area (TPSA) is 42.4 Å². The molecule has 2 heterocycles. The number of hydrogen-bond acceptors (Lipinski definition) is 4. The second kappa shape index (κ2) is 11.9. The molecule has 0 aliphatic carbocycles. The molecule has 0 unspecified atom stereocenters. The first-order chi connectivity index (χ1) is 25.3. The fourth-order valence-electron chi connectivity index (χ4n) is 7.30. The molecule has 0 saturated carbocycles. The van der Waals surface area contributed by atoms with Gasteiger partial charge in [-0.1, -0.05) is 140 Å². The second-order valence-corrected chi connectivity index (χ2v) is 12.7. The van der Waals surface area contributed by atoms with E-state index in [4.69, 9.17) is 13.8 Å². The molecule has 0 bridgehead atoms. The summed E-state index contributed by atoms with van der Waals surface area (Å²) in [5, 5.41) is 4.28. The molecule has 0 aliphatic heterocycles. The van der Waals surface area contributed by atoms with Gasteiger partial charge in [0.05, 0.1) is 5.69 Å². The third-order valence-corrected chi connectivity index (χ3v) is 9.70. The van der Waals surface area contributed by atoms with Crippen LogP contribution in [0.4, 0.5) is 17.1 Å². The maximum atomic E-state index is 6.80. The van der Waals surface area contributed by atoms with E-state index in [1.165, 1.54) is 11.1 Å². The molecule has 0 spiro atoms. The van der Waals surface area contributed by atoms with Gasteiger partial charge in [0.2, 0.25) is 5.89 Å². The van der Waals surface area contributed by atoms with Gasteiger partial charge < -0.3 is 13.7 Å². The molecule has 0 amide bonds.